The predicted molar refractivity (Wildman–Crippen MR) is 118 cm³/mol. The summed E-state index contributed by atoms with van der Waals surface area (Å²) in [7, 11) is 0. The van der Waals surface area contributed by atoms with Gasteiger partial charge in [0.25, 0.3) is 5.91 Å². The zero-order chi connectivity index (χ0) is 24.1. The Morgan fingerprint density at radius 2 is 1.71 bits per heavy atom. The first-order chi connectivity index (χ1) is 16.3. The lowest BCUT2D eigenvalue weighted by atomic mass is 10.1. The highest BCUT2D eigenvalue weighted by atomic mass is 35.5. The molecule has 1 aliphatic heterocycles. The first-order valence-corrected chi connectivity index (χ1v) is 11.0. The van der Waals surface area contributed by atoms with E-state index in [1.54, 1.807) is 41.3 Å². The lowest BCUT2D eigenvalue weighted by Crippen LogP contribution is -2.48. The van der Waals surface area contributed by atoms with E-state index in [9.17, 15) is 18.0 Å². The van der Waals surface area contributed by atoms with E-state index >= 15 is 0 Å². The Bertz CT molecular complexity index is 1100. The van der Waals surface area contributed by atoms with Crippen LogP contribution in [0.15, 0.2) is 53.1 Å². The van der Waals surface area contributed by atoms with E-state index in [2.05, 4.69) is 19.8 Å². The third-order valence-electron chi connectivity index (χ3n) is 5.32. The molecule has 0 bridgehead atoms. The van der Waals surface area contributed by atoms with Crippen molar-refractivity contribution < 1.29 is 27.2 Å². The van der Waals surface area contributed by atoms with Crippen LogP contribution in [0.3, 0.4) is 0 Å². The second-order valence-corrected chi connectivity index (χ2v) is 8.33. The fraction of sp³-hybridized carbons (Fsp3) is 0.348. The summed E-state index contributed by atoms with van der Waals surface area (Å²) in [6, 6.07) is 13.6. The number of nitrogens with zero attached hydrogens (tertiary/aromatic N) is 4. The van der Waals surface area contributed by atoms with Crippen molar-refractivity contribution in [3.63, 3.8) is 0 Å². The summed E-state index contributed by atoms with van der Waals surface area (Å²) in [5, 5.41) is 4.65. The molecule has 0 spiro atoms. The Kier molecular flexibility index (Phi) is 7.50. The van der Waals surface area contributed by atoms with Gasteiger partial charge in [-0.05, 0) is 42.0 Å². The molecule has 1 aliphatic rings. The van der Waals surface area contributed by atoms with Crippen molar-refractivity contribution in [1.29, 1.82) is 0 Å². The van der Waals surface area contributed by atoms with Crippen LogP contribution in [0.5, 0.6) is 0 Å². The van der Waals surface area contributed by atoms with Crippen molar-refractivity contribution in [1.82, 2.24) is 19.9 Å². The first kappa shape index (κ1) is 24.2. The minimum Gasteiger partial charge on any atom is -0.367 e. The molecule has 180 valence electrons. The molecule has 1 fully saturated rings. The zero-order valence-corrected chi connectivity index (χ0v) is 18.8. The second kappa shape index (κ2) is 10.5. The number of aromatic nitrogens is 2. The van der Waals surface area contributed by atoms with Gasteiger partial charge in [-0.1, -0.05) is 28.9 Å². The summed E-state index contributed by atoms with van der Waals surface area (Å²) >= 11 is 5.91. The molecule has 0 radical (unpaired) electrons. The molecule has 4 rings (SSSR count). The van der Waals surface area contributed by atoms with Crippen LogP contribution in [0.25, 0.3) is 11.4 Å². The molecule has 0 N–H and O–H groups in total. The van der Waals surface area contributed by atoms with E-state index in [-0.39, 0.29) is 12.5 Å². The number of carbonyl (C=O) groups excluding carboxylic acids is 1. The molecular weight excluding hydrogens is 473 g/mol. The molecule has 0 saturated carbocycles. The summed E-state index contributed by atoms with van der Waals surface area (Å²) in [6.07, 6.45) is -4.36. The monoisotopic (exact) mass is 494 g/mol. The van der Waals surface area contributed by atoms with Crippen LogP contribution in [0, 0.1) is 0 Å². The average Bonchev–Trinajstić information content (AvgIpc) is 3.28. The smallest absolute Gasteiger partial charge is 0.367 e. The highest BCUT2D eigenvalue weighted by Gasteiger charge is 2.27. The second-order valence-electron chi connectivity index (χ2n) is 7.89. The number of hydrogen-bond acceptors (Lipinski definition) is 6. The van der Waals surface area contributed by atoms with Gasteiger partial charge in [-0.2, -0.15) is 18.2 Å². The molecule has 0 atom stereocenters. The maximum atomic E-state index is 12.8. The van der Waals surface area contributed by atoms with E-state index < -0.39 is 12.8 Å². The van der Waals surface area contributed by atoms with Gasteiger partial charge in [0.05, 0.1) is 13.2 Å². The topological polar surface area (TPSA) is 71.7 Å². The number of carbonyl (C=O) groups is 1. The van der Waals surface area contributed by atoms with Crippen molar-refractivity contribution in [2.45, 2.75) is 19.3 Å². The van der Waals surface area contributed by atoms with Crippen LogP contribution in [0.1, 0.15) is 21.8 Å². The number of ether oxygens (including phenoxy) is 1. The number of rotatable bonds is 7. The van der Waals surface area contributed by atoms with Crippen molar-refractivity contribution in [2.24, 2.45) is 0 Å². The van der Waals surface area contributed by atoms with Crippen LogP contribution < -0.4 is 0 Å². The van der Waals surface area contributed by atoms with Gasteiger partial charge in [0.1, 0.15) is 6.61 Å². The van der Waals surface area contributed by atoms with Crippen molar-refractivity contribution in [3.05, 3.63) is 70.6 Å². The van der Waals surface area contributed by atoms with Gasteiger partial charge in [0.15, 0.2) is 0 Å². The Morgan fingerprint density at radius 1 is 1.03 bits per heavy atom. The molecule has 2 aromatic carbocycles. The number of halogens is 4. The molecule has 3 aromatic rings. The van der Waals surface area contributed by atoms with E-state index in [0.29, 0.717) is 60.6 Å². The van der Waals surface area contributed by atoms with Crippen LogP contribution in [0.4, 0.5) is 13.2 Å². The molecule has 2 heterocycles. The van der Waals surface area contributed by atoms with Gasteiger partial charge in [0.2, 0.25) is 11.7 Å². The lowest BCUT2D eigenvalue weighted by Gasteiger charge is -2.34. The molecule has 34 heavy (non-hydrogen) atoms. The maximum absolute atomic E-state index is 12.8. The van der Waals surface area contributed by atoms with Crippen LogP contribution in [0.2, 0.25) is 5.02 Å². The normalized spacial score (nSPS) is 15.0. The van der Waals surface area contributed by atoms with E-state index in [4.69, 9.17) is 16.1 Å². The third-order valence-corrected chi connectivity index (χ3v) is 5.58. The number of benzene rings is 2. The van der Waals surface area contributed by atoms with Gasteiger partial charge in [0, 0.05) is 42.3 Å². The average molecular weight is 495 g/mol. The Hall–Kier alpha value is -2.95. The number of alkyl halides is 3. The minimum absolute atomic E-state index is 0.120. The van der Waals surface area contributed by atoms with Gasteiger partial charge < -0.3 is 14.2 Å². The molecule has 1 saturated heterocycles. The maximum Gasteiger partial charge on any atom is 0.411 e. The zero-order valence-electron chi connectivity index (χ0n) is 18.1. The van der Waals surface area contributed by atoms with Gasteiger partial charge in [-0.3, -0.25) is 9.69 Å². The molecule has 0 unspecified atom stereocenters. The molecule has 7 nitrogen and oxygen atoms in total. The van der Waals surface area contributed by atoms with E-state index in [1.807, 2.05) is 12.1 Å². The molecule has 1 amide bonds. The summed E-state index contributed by atoms with van der Waals surface area (Å²) in [5.74, 6) is 0.867. The minimum atomic E-state index is -4.36. The van der Waals surface area contributed by atoms with Crippen LogP contribution >= 0.6 is 11.6 Å². The highest BCUT2D eigenvalue weighted by molar-refractivity contribution is 6.30. The SMILES string of the molecule is O=C(c1ccc(COCC(F)(F)F)cc1)N1CCN(Cc2nc(-c3ccc(Cl)cc3)no2)CC1. The number of piperazine rings is 1. The molecule has 1 aromatic heterocycles. The molecule has 11 heteroatoms. The Labute approximate surface area is 199 Å². The molecular formula is C23H22ClF3N4O3. The standard InChI is InChI=1S/C23H22ClF3N4O3/c24-19-7-5-17(6-8-19)21-28-20(34-29-21)13-30-9-11-31(12-10-30)22(32)18-3-1-16(2-4-18)14-33-15-23(25,26)27/h1-8H,9-15H2. The lowest BCUT2D eigenvalue weighted by molar-refractivity contribution is -0.176. The summed E-state index contributed by atoms with van der Waals surface area (Å²) in [6.45, 7) is 1.38. The van der Waals surface area contributed by atoms with Gasteiger partial charge in [-0.25, -0.2) is 0 Å². The van der Waals surface area contributed by atoms with Crippen LogP contribution in [-0.4, -0.2) is 64.8 Å². The molecule has 0 aliphatic carbocycles. The van der Waals surface area contributed by atoms with E-state index in [0.717, 1.165) is 5.56 Å². The summed E-state index contributed by atoms with van der Waals surface area (Å²) in [4.78, 5) is 21.1. The highest BCUT2D eigenvalue weighted by Crippen LogP contribution is 2.20. The van der Waals surface area contributed by atoms with Crippen LogP contribution in [-0.2, 0) is 17.9 Å². The first-order valence-electron chi connectivity index (χ1n) is 10.6. The van der Waals surface area contributed by atoms with Crippen molar-refractivity contribution >= 4 is 17.5 Å². The number of hydrogen-bond donors (Lipinski definition) is 0. The number of amides is 1. The Balaban J connectivity index is 1.25. The van der Waals surface area contributed by atoms with E-state index in [1.165, 1.54) is 0 Å². The summed E-state index contributed by atoms with van der Waals surface area (Å²) < 4.78 is 46.5. The quantitative estimate of drug-likeness (QED) is 0.484. The van der Waals surface area contributed by atoms with Crippen molar-refractivity contribution in [3.8, 4) is 11.4 Å². The van der Waals surface area contributed by atoms with Crippen molar-refractivity contribution in [2.75, 3.05) is 32.8 Å². The van der Waals surface area contributed by atoms with Gasteiger partial charge in [-0.15, -0.1) is 0 Å². The third kappa shape index (κ3) is 6.55. The largest absolute Gasteiger partial charge is 0.411 e. The fourth-order valence-corrected chi connectivity index (χ4v) is 3.67. The predicted octanol–water partition coefficient (Wildman–Crippen LogP) is 4.43. The Morgan fingerprint density at radius 3 is 2.35 bits per heavy atom. The fourth-order valence-electron chi connectivity index (χ4n) is 3.55. The van der Waals surface area contributed by atoms with Gasteiger partial charge >= 0.3 is 6.18 Å². The summed E-state index contributed by atoms with van der Waals surface area (Å²) in [5.41, 5.74) is 1.87.